The van der Waals surface area contributed by atoms with Gasteiger partial charge in [-0.3, -0.25) is 4.79 Å². The Morgan fingerprint density at radius 3 is 2.16 bits per heavy atom. The molecular weight excluding hydrogens is 683 g/mol. The maximum Gasteiger partial charge on any atom is 0.573 e. The van der Waals surface area contributed by atoms with Crippen molar-refractivity contribution in [3.05, 3.63) is 83.5 Å². The van der Waals surface area contributed by atoms with Crippen molar-refractivity contribution in [1.29, 1.82) is 0 Å². The smallest absolute Gasteiger partial charge is 0.497 e. The lowest BCUT2D eigenvalue weighted by Crippen LogP contribution is -2.67. The highest BCUT2D eigenvalue weighted by Gasteiger charge is 2.74. The number of fused-ring (bicyclic) bond motifs is 1. The van der Waals surface area contributed by atoms with Gasteiger partial charge in [-0.2, -0.15) is 4.31 Å². The van der Waals surface area contributed by atoms with Crippen molar-refractivity contribution in [2.24, 2.45) is 33.5 Å². The number of methoxy groups -OCH3 is 1. The zero-order valence-corrected chi connectivity index (χ0v) is 30.2. The third-order valence-electron chi connectivity index (χ3n) is 13.7. The van der Waals surface area contributed by atoms with Crippen molar-refractivity contribution in [1.82, 2.24) is 4.31 Å². The van der Waals surface area contributed by atoms with Gasteiger partial charge in [0.1, 0.15) is 11.5 Å². The number of nitrogens with zero attached hydrogens (tertiary/aromatic N) is 1. The molecule has 2 N–H and O–H groups in total. The van der Waals surface area contributed by atoms with Crippen LogP contribution in [0.5, 0.6) is 11.5 Å². The molecule has 8 unspecified atom stereocenters. The first-order valence-corrected chi connectivity index (χ1v) is 19.5. The van der Waals surface area contributed by atoms with Crippen molar-refractivity contribution >= 4 is 15.8 Å². The number of hydrogen-bond acceptors (Lipinski definition) is 7. The molecule has 2 spiro atoms. The van der Waals surface area contributed by atoms with E-state index >= 15 is 0 Å². The van der Waals surface area contributed by atoms with Crippen molar-refractivity contribution < 1.29 is 46.1 Å². The maximum atomic E-state index is 14.7. The Labute approximate surface area is 297 Å². The van der Waals surface area contributed by atoms with Crippen LogP contribution in [0.3, 0.4) is 0 Å². The van der Waals surface area contributed by atoms with Gasteiger partial charge in [-0.1, -0.05) is 44.2 Å². The molecule has 0 saturated heterocycles. The molecule has 6 aliphatic carbocycles. The van der Waals surface area contributed by atoms with Crippen LogP contribution in [0, 0.1) is 33.5 Å². The minimum atomic E-state index is -4.85. The van der Waals surface area contributed by atoms with Gasteiger partial charge in [-0.15, -0.1) is 13.2 Å². The standard InChI is InChI=1S/C39H46F3NO7S/c1-34-16-13-27(44)21-36(34)19-20-38(30(22-36)33(45)26-7-11-28(49-3)12-8-26)31(34)14-17-35(2)32(38)15-18-37(35,46)24-43(51(4,47)48)23-25-5-9-29(10-6-25)50-39(40,41)42/h5-12,19-20,22,27,31-32,44,46H,13-18,21,23-24H2,1-4H3. The van der Waals surface area contributed by atoms with E-state index in [2.05, 4.69) is 29.9 Å². The van der Waals surface area contributed by atoms with E-state index in [0.717, 1.165) is 24.8 Å². The van der Waals surface area contributed by atoms with Crippen LogP contribution in [0.25, 0.3) is 0 Å². The van der Waals surface area contributed by atoms with Gasteiger partial charge in [-0.25, -0.2) is 8.42 Å². The van der Waals surface area contributed by atoms with E-state index in [1.807, 2.05) is 6.92 Å². The van der Waals surface area contributed by atoms with Crippen LogP contribution in [-0.2, 0) is 16.6 Å². The second-order valence-electron chi connectivity index (χ2n) is 16.1. The minimum Gasteiger partial charge on any atom is -0.497 e. The van der Waals surface area contributed by atoms with Gasteiger partial charge in [0, 0.05) is 40.5 Å². The van der Waals surface area contributed by atoms with Crippen molar-refractivity contribution in [2.45, 2.75) is 83.4 Å². The molecule has 12 heteroatoms. The fraction of sp³-hybridized carbons (Fsp3) is 0.564. The van der Waals surface area contributed by atoms with E-state index < -0.39 is 50.1 Å². The number of benzene rings is 2. The predicted molar refractivity (Wildman–Crippen MR) is 184 cm³/mol. The van der Waals surface area contributed by atoms with Crippen molar-refractivity contribution in [2.75, 3.05) is 19.9 Å². The molecule has 2 bridgehead atoms. The first-order chi connectivity index (χ1) is 23.8. The molecule has 51 heavy (non-hydrogen) atoms. The number of halogens is 3. The number of sulfonamides is 1. The van der Waals surface area contributed by atoms with Gasteiger partial charge >= 0.3 is 6.36 Å². The van der Waals surface area contributed by atoms with E-state index in [9.17, 15) is 36.6 Å². The molecule has 0 amide bonds. The number of alkyl halides is 3. The molecule has 276 valence electrons. The molecular formula is C39H46F3NO7S. The molecule has 0 aliphatic heterocycles. The van der Waals surface area contributed by atoms with Crippen LogP contribution in [-0.4, -0.2) is 66.7 Å². The summed E-state index contributed by atoms with van der Waals surface area (Å²) in [6.07, 6.45) is 6.50. The number of aliphatic hydroxyl groups excluding tert-OH is 1. The molecule has 3 saturated carbocycles. The van der Waals surface area contributed by atoms with Gasteiger partial charge in [0.25, 0.3) is 0 Å². The van der Waals surface area contributed by atoms with Crippen molar-refractivity contribution in [3.63, 3.8) is 0 Å². The van der Waals surface area contributed by atoms with Gasteiger partial charge in [0.15, 0.2) is 5.78 Å². The summed E-state index contributed by atoms with van der Waals surface area (Å²) in [4.78, 5) is 14.7. The number of carbonyl (C=O) groups is 1. The largest absolute Gasteiger partial charge is 0.573 e. The summed E-state index contributed by atoms with van der Waals surface area (Å²) >= 11 is 0. The molecule has 8 rings (SSSR count). The third-order valence-corrected chi connectivity index (χ3v) is 14.9. The SMILES string of the molecule is COc1ccc(C(=O)C2=CC34C=CC25C(CCC2(C)C5CCC2(O)CN(Cc2ccc(OC(F)(F)F)cc2)S(C)(=O)=O)C3(C)CCC(O)C4)cc1. The Balaban J connectivity index is 1.26. The highest BCUT2D eigenvalue weighted by Crippen LogP contribution is 2.78. The Morgan fingerprint density at radius 1 is 0.922 bits per heavy atom. The highest BCUT2D eigenvalue weighted by atomic mass is 32.2. The Bertz CT molecular complexity index is 1880. The fourth-order valence-corrected chi connectivity index (χ4v) is 11.9. The van der Waals surface area contributed by atoms with E-state index in [1.54, 1.807) is 31.4 Å². The third kappa shape index (κ3) is 5.58. The second kappa shape index (κ2) is 11.9. The first-order valence-electron chi connectivity index (χ1n) is 17.6. The summed E-state index contributed by atoms with van der Waals surface area (Å²) in [6.45, 7) is 3.98. The molecule has 8 nitrogen and oxygen atoms in total. The molecule has 0 aromatic heterocycles. The molecule has 8 atom stereocenters. The van der Waals surface area contributed by atoms with E-state index in [4.69, 9.17) is 4.74 Å². The van der Waals surface area contributed by atoms with Crippen LogP contribution in [0.15, 0.2) is 72.3 Å². The van der Waals surface area contributed by atoms with Crippen molar-refractivity contribution in [3.8, 4) is 11.5 Å². The van der Waals surface area contributed by atoms with Crippen LogP contribution < -0.4 is 9.47 Å². The summed E-state index contributed by atoms with van der Waals surface area (Å²) in [7, 11) is -2.31. The summed E-state index contributed by atoms with van der Waals surface area (Å²) in [5.74, 6) is -0.00221. The zero-order chi connectivity index (χ0) is 36.8. The van der Waals surface area contributed by atoms with E-state index in [-0.39, 0.29) is 36.1 Å². The Morgan fingerprint density at radius 2 is 1.53 bits per heavy atom. The summed E-state index contributed by atoms with van der Waals surface area (Å²) in [5, 5.41) is 23.7. The number of carbonyl (C=O) groups excluding carboxylic acids is 1. The number of allylic oxidation sites excluding steroid dienone is 4. The summed E-state index contributed by atoms with van der Waals surface area (Å²) < 4.78 is 75.2. The van der Waals surface area contributed by atoms with Gasteiger partial charge in [0.2, 0.25) is 10.0 Å². The molecule has 6 aliphatic rings. The monoisotopic (exact) mass is 729 g/mol. The number of ketones is 1. The lowest BCUT2D eigenvalue weighted by atomic mass is 9.32. The number of hydrogen-bond donors (Lipinski definition) is 2. The highest BCUT2D eigenvalue weighted by molar-refractivity contribution is 7.88. The second-order valence-corrected chi connectivity index (χ2v) is 18.1. The zero-order valence-electron chi connectivity index (χ0n) is 29.4. The van der Waals surface area contributed by atoms with Crippen LogP contribution in [0.2, 0.25) is 0 Å². The Kier molecular flexibility index (Phi) is 8.45. The van der Waals surface area contributed by atoms with Crippen LogP contribution in [0.1, 0.15) is 74.7 Å². The lowest BCUT2D eigenvalue weighted by Gasteiger charge is -2.71. The number of Topliss-reactive ketones (excluding diaryl/α,β-unsaturated/α-hetero) is 1. The molecule has 0 radical (unpaired) electrons. The minimum absolute atomic E-state index is 0.0635. The van der Waals surface area contributed by atoms with Gasteiger partial charge < -0.3 is 19.7 Å². The quantitative estimate of drug-likeness (QED) is 0.215. The molecule has 3 fully saturated rings. The van der Waals surface area contributed by atoms with Crippen LogP contribution in [0.4, 0.5) is 13.2 Å². The number of ether oxygens (including phenoxy) is 2. The average molecular weight is 730 g/mol. The fourth-order valence-electron chi connectivity index (χ4n) is 11.1. The molecule has 2 aromatic rings. The van der Waals surface area contributed by atoms with Crippen LogP contribution >= 0.6 is 0 Å². The van der Waals surface area contributed by atoms with Gasteiger partial charge in [0.05, 0.1) is 25.1 Å². The summed E-state index contributed by atoms with van der Waals surface area (Å²) in [5.41, 5.74) is -2.04. The topological polar surface area (TPSA) is 113 Å². The predicted octanol–water partition coefficient (Wildman–Crippen LogP) is 6.83. The molecule has 2 aromatic carbocycles. The first kappa shape index (κ1) is 36.2. The summed E-state index contributed by atoms with van der Waals surface area (Å²) in [6, 6.07) is 12.1. The van der Waals surface area contributed by atoms with E-state index in [1.165, 1.54) is 16.4 Å². The maximum absolute atomic E-state index is 14.7. The number of rotatable bonds is 9. The molecule has 0 heterocycles. The van der Waals surface area contributed by atoms with E-state index in [0.29, 0.717) is 61.0 Å². The lowest BCUT2D eigenvalue weighted by molar-refractivity contribution is -0.274. The Hall–Kier alpha value is -3.19. The normalized spacial score (nSPS) is 37.0. The van der Waals surface area contributed by atoms with Gasteiger partial charge in [-0.05, 0) is 104 Å². The average Bonchev–Trinajstić information content (AvgIpc) is 3.34. The number of aliphatic hydroxyl groups is 2.